The van der Waals surface area contributed by atoms with Crippen LogP contribution in [0, 0.1) is 0 Å². The second-order valence-corrected chi connectivity index (χ2v) is 8.04. The molecule has 30 heavy (non-hydrogen) atoms. The van der Waals surface area contributed by atoms with Gasteiger partial charge in [-0.15, -0.1) is 0 Å². The maximum Gasteiger partial charge on any atom is 0.407 e. The average molecular weight is 404 g/mol. The summed E-state index contributed by atoms with van der Waals surface area (Å²) < 4.78 is 7.24. The summed E-state index contributed by atoms with van der Waals surface area (Å²) in [6.07, 6.45) is 4.79. The van der Waals surface area contributed by atoms with E-state index in [0.717, 1.165) is 27.4 Å². The summed E-state index contributed by atoms with van der Waals surface area (Å²) in [5.74, 6) is 0.405. The van der Waals surface area contributed by atoms with Crippen molar-refractivity contribution in [2.45, 2.75) is 32.9 Å². The molecule has 154 valence electrons. The number of carbonyl (C=O) groups excluding carboxylic acids is 1. The summed E-state index contributed by atoms with van der Waals surface area (Å²) in [4.78, 5) is 25.1. The SMILES string of the molecule is CC(C)(C)OC(=O)NCCn1cc(-c2cnc3ccccc3c2)c2c(N)ncnc21. The van der Waals surface area contributed by atoms with Gasteiger partial charge < -0.3 is 20.4 Å². The van der Waals surface area contributed by atoms with Crippen molar-refractivity contribution in [3.05, 3.63) is 49.1 Å². The molecule has 0 unspecified atom stereocenters. The summed E-state index contributed by atoms with van der Waals surface area (Å²) in [6.45, 7) is 6.38. The van der Waals surface area contributed by atoms with Gasteiger partial charge in [0.05, 0.1) is 10.9 Å². The number of hydrogen-bond acceptors (Lipinski definition) is 6. The topological polar surface area (TPSA) is 108 Å². The zero-order chi connectivity index (χ0) is 21.3. The smallest absolute Gasteiger partial charge is 0.407 e. The Labute approximate surface area is 174 Å². The van der Waals surface area contributed by atoms with Crippen molar-refractivity contribution in [1.82, 2.24) is 24.8 Å². The summed E-state index contributed by atoms with van der Waals surface area (Å²) in [5.41, 5.74) is 9.12. The molecule has 1 amide bonds. The lowest BCUT2D eigenvalue weighted by atomic mass is 10.1. The molecular weight excluding hydrogens is 380 g/mol. The van der Waals surface area contributed by atoms with Crippen LogP contribution in [0.4, 0.5) is 10.6 Å². The van der Waals surface area contributed by atoms with Gasteiger partial charge >= 0.3 is 6.09 Å². The van der Waals surface area contributed by atoms with Crippen LogP contribution in [0.3, 0.4) is 0 Å². The number of pyridine rings is 1. The van der Waals surface area contributed by atoms with E-state index in [1.54, 1.807) is 0 Å². The Morgan fingerprint density at radius 2 is 2.00 bits per heavy atom. The van der Waals surface area contributed by atoms with Gasteiger partial charge in [-0.3, -0.25) is 4.98 Å². The van der Waals surface area contributed by atoms with Gasteiger partial charge in [-0.05, 0) is 32.9 Å². The highest BCUT2D eigenvalue weighted by atomic mass is 16.6. The first-order chi connectivity index (χ1) is 14.3. The molecule has 0 saturated carbocycles. The Morgan fingerprint density at radius 3 is 2.80 bits per heavy atom. The molecule has 3 heterocycles. The molecule has 3 N–H and O–H groups in total. The third-order valence-electron chi connectivity index (χ3n) is 4.61. The van der Waals surface area contributed by atoms with E-state index in [4.69, 9.17) is 10.5 Å². The van der Waals surface area contributed by atoms with E-state index in [1.165, 1.54) is 6.33 Å². The van der Waals surface area contributed by atoms with Crippen molar-refractivity contribution in [3.63, 3.8) is 0 Å². The Hall–Kier alpha value is -3.68. The zero-order valence-electron chi connectivity index (χ0n) is 17.2. The monoisotopic (exact) mass is 404 g/mol. The maximum atomic E-state index is 11.9. The van der Waals surface area contributed by atoms with Gasteiger partial charge in [-0.1, -0.05) is 18.2 Å². The van der Waals surface area contributed by atoms with E-state index < -0.39 is 11.7 Å². The molecule has 0 radical (unpaired) electrons. The molecule has 4 rings (SSSR count). The summed E-state index contributed by atoms with van der Waals surface area (Å²) in [5, 5.41) is 4.58. The molecule has 0 saturated heterocycles. The fraction of sp³-hybridized carbons (Fsp3) is 0.273. The van der Waals surface area contributed by atoms with Gasteiger partial charge in [-0.2, -0.15) is 0 Å². The largest absolute Gasteiger partial charge is 0.444 e. The number of nitrogens with two attached hydrogens (primary N) is 1. The molecule has 8 heteroatoms. The van der Waals surface area contributed by atoms with Gasteiger partial charge in [0.2, 0.25) is 0 Å². The van der Waals surface area contributed by atoms with E-state index >= 15 is 0 Å². The average Bonchev–Trinajstić information content (AvgIpc) is 3.06. The molecule has 1 aromatic carbocycles. The Balaban J connectivity index is 1.65. The number of alkyl carbamates (subject to hydrolysis) is 1. The Morgan fingerprint density at radius 1 is 1.20 bits per heavy atom. The van der Waals surface area contributed by atoms with Crippen LogP contribution >= 0.6 is 0 Å². The number of fused-ring (bicyclic) bond motifs is 2. The molecule has 3 aromatic heterocycles. The molecule has 0 aliphatic carbocycles. The number of carbonyl (C=O) groups is 1. The van der Waals surface area contributed by atoms with Crippen molar-refractivity contribution in [2.24, 2.45) is 0 Å². The Kier molecular flexibility index (Phi) is 4.99. The number of nitrogen functional groups attached to an aromatic ring is 1. The lowest BCUT2D eigenvalue weighted by Crippen LogP contribution is -2.34. The number of anilines is 1. The minimum atomic E-state index is -0.540. The predicted molar refractivity (Wildman–Crippen MR) is 117 cm³/mol. The number of aromatic nitrogens is 4. The number of para-hydroxylation sites is 1. The van der Waals surface area contributed by atoms with Crippen LogP contribution in [0.15, 0.2) is 49.1 Å². The first kappa shape index (κ1) is 19.6. The van der Waals surface area contributed by atoms with Gasteiger partial charge in [0.25, 0.3) is 0 Å². The van der Waals surface area contributed by atoms with Crippen molar-refractivity contribution in [1.29, 1.82) is 0 Å². The van der Waals surface area contributed by atoms with Crippen LogP contribution in [0.5, 0.6) is 0 Å². The Bertz CT molecular complexity index is 1230. The summed E-state index contributed by atoms with van der Waals surface area (Å²) in [7, 11) is 0. The zero-order valence-corrected chi connectivity index (χ0v) is 17.2. The molecule has 0 aliphatic rings. The molecule has 8 nitrogen and oxygen atoms in total. The first-order valence-corrected chi connectivity index (χ1v) is 9.73. The molecule has 4 aromatic rings. The van der Waals surface area contributed by atoms with Crippen LogP contribution in [0.1, 0.15) is 20.8 Å². The van der Waals surface area contributed by atoms with Gasteiger partial charge in [0.15, 0.2) is 0 Å². The highest BCUT2D eigenvalue weighted by molar-refractivity contribution is 6.01. The quantitative estimate of drug-likeness (QED) is 0.536. The van der Waals surface area contributed by atoms with Crippen LogP contribution in [0.2, 0.25) is 0 Å². The number of hydrogen-bond donors (Lipinski definition) is 2. The highest BCUT2D eigenvalue weighted by Crippen LogP contribution is 2.33. The number of nitrogens with zero attached hydrogens (tertiary/aromatic N) is 4. The number of rotatable bonds is 4. The van der Waals surface area contributed by atoms with Gasteiger partial charge in [0, 0.05) is 42.0 Å². The minimum absolute atomic E-state index is 0.387. The maximum absolute atomic E-state index is 11.9. The minimum Gasteiger partial charge on any atom is -0.444 e. The lowest BCUT2D eigenvalue weighted by molar-refractivity contribution is 0.0526. The van der Waals surface area contributed by atoms with Crippen LogP contribution < -0.4 is 11.1 Å². The van der Waals surface area contributed by atoms with Crippen molar-refractivity contribution in [2.75, 3.05) is 12.3 Å². The van der Waals surface area contributed by atoms with E-state index in [1.807, 2.05) is 62.0 Å². The third-order valence-corrected chi connectivity index (χ3v) is 4.61. The van der Waals surface area contributed by atoms with Crippen LogP contribution in [-0.2, 0) is 11.3 Å². The normalized spacial score (nSPS) is 11.7. The van der Waals surface area contributed by atoms with Crippen molar-refractivity contribution < 1.29 is 9.53 Å². The first-order valence-electron chi connectivity index (χ1n) is 9.73. The number of nitrogens with one attached hydrogen (secondary N) is 1. The fourth-order valence-electron chi connectivity index (χ4n) is 3.35. The molecule has 0 bridgehead atoms. The van der Waals surface area contributed by atoms with Crippen LogP contribution in [-0.4, -0.2) is 37.8 Å². The second-order valence-electron chi connectivity index (χ2n) is 8.04. The van der Waals surface area contributed by atoms with E-state index in [2.05, 4.69) is 26.3 Å². The number of benzene rings is 1. The molecular formula is C22H24N6O2. The van der Waals surface area contributed by atoms with Crippen molar-refractivity contribution >= 4 is 33.8 Å². The molecule has 0 atom stereocenters. The standard InChI is InChI=1S/C22H24N6O2/c1-22(2,3)30-21(29)24-8-9-28-12-16(18-19(23)26-13-27-20(18)28)15-10-14-6-4-5-7-17(14)25-11-15/h4-7,10-13H,8-9H2,1-3H3,(H,24,29)(H2,23,26,27). The number of amides is 1. The van der Waals surface area contributed by atoms with E-state index in [9.17, 15) is 4.79 Å². The second kappa shape index (κ2) is 7.62. The highest BCUT2D eigenvalue weighted by Gasteiger charge is 2.17. The predicted octanol–water partition coefficient (Wildman–Crippen LogP) is 3.75. The van der Waals surface area contributed by atoms with E-state index in [0.29, 0.717) is 24.6 Å². The lowest BCUT2D eigenvalue weighted by Gasteiger charge is -2.19. The van der Waals surface area contributed by atoms with E-state index in [-0.39, 0.29) is 0 Å². The van der Waals surface area contributed by atoms with Crippen LogP contribution in [0.25, 0.3) is 33.1 Å². The number of ether oxygens (including phenoxy) is 1. The third kappa shape index (κ3) is 4.03. The van der Waals surface area contributed by atoms with Crippen molar-refractivity contribution in [3.8, 4) is 11.1 Å². The molecule has 0 spiro atoms. The molecule has 0 fully saturated rings. The summed E-state index contributed by atoms with van der Waals surface area (Å²) >= 11 is 0. The van der Waals surface area contributed by atoms with Gasteiger partial charge in [-0.25, -0.2) is 14.8 Å². The molecule has 0 aliphatic heterocycles. The summed E-state index contributed by atoms with van der Waals surface area (Å²) in [6, 6.07) is 10.0. The fourth-order valence-corrected chi connectivity index (χ4v) is 3.35. The van der Waals surface area contributed by atoms with Gasteiger partial charge in [0.1, 0.15) is 23.4 Å².